The summed E-state index contributed by atoms with van der Waals surface area (Å²) in [5, 5.41) is 2.07. The van der Waals surface area contributed by atoms with Crippen LogP contribution in [-0.2, 0) is 6.54 Å². The highest BCUT2D eigenvalue weighted by Crippen LogP contribution is 2.27. The Labute approximate surface area is 178 Å². The van der Waals surface area contributed by atoms with Crippen molar-refractivity contribution < 1.29 is 9.18 Å². The fourth-order valence-electron chi connectivity index (χ4n) is 4.07. The van der Waals surface area contributed by atoms with Crippen LogP contribution in [0.1, 0.15) is 16.1 Å². The molecule has 0 saturated carbocycles. The van der Waals surface area contributed by atoms with E-state index in [0.717, 1.165) is 34.7 Å². The fourth-order valence-corrected chi connectivity index (χ4v) is 4.89. The molecule has 0 spiro atoms. The molecule has 1 aliphatic heterocycles. The molecule has 2 aromatic heterocycles. The van der Waals surface area contributed by atoms with Gasteiger partial charge in [0.15, 0.2) is 0 Å². The molecule has 0 radical (unpaired) electrons. The predicted octanol–water partition coefficient (Wildman–Crippen LogP) is 4.85. The van der Waals surface area contributed by atoms with Crippen molar-refractivity contribution >= 4 is 33.1 Å². The summed E-state index contributed by atoms with van der Waals surface area (Å²) in [5.74, 6) is -0.153. The zero-order chi connectivity index (χ0) is 20.5. The van der Waals surface area contributed by atoms with Gasteiger partial charge in [-0.1, -0.05) is 30.3 Å². The molecule has 30 heavy (non-hydrogen) atoms. The molecule has 0 unspecified atom stereocenters. The second-order valence-corrected chi connectivity index (χ2v) is 8.47. The van der Waals surface area contributed by atoms with Crippen LogP contribution in [0.3, 0.4) is 0 Å². The van der Waals surface area contributed by atoms with E-state index in [1.807, 2.05) is 29.2 Å². The summed E-state index contributed by atoms with van der Waals surface area (Å²) >= 11 is 1.67. The van der Waals surface area contributed by atoms with E-state index >= 15 is 0 Å². The van der Waals surface area contributed by atoms with Gasteiger partial charge in [-0.25, -0.2) is 4.39 Å². The third kappa shape index (κ3) is 3.59. The van der Waals surface area contributed by atoms with E-state index in [1.165, 1.54) is 17.7 Å². The van der Waals surface area contributed by atoms with E-state index in [0.29, 0.717) is 19.6 Å². The Morgan fingerprint density at radius 2 is 1.67 bits per heavy atom. The Kier molecular flexibility index (Phi) is 5.01. The van der Waals surface area contributed by atoms with Crippen LogP contribution in [0.4, 0.5) is 10.1 Å². The molecular weight excluding hydrogens is 397 g/mol. The molecule has 4 nitrogen and oxygen atoms in total. The van der Waals surface area contributed by atoms with Crippen LogP contribution in [0.25, 0.3) is 10.2 Å². The number of rotatable bonds is 4. The first-order valence-corrected chi connectivity index (χ1v) is 11.0. The molecule has 1 aliphatic rings. The monoisotopic (exact) mass is 419 g/mol. The minimum absolute atomic E-state index is 0.0769. The number of hydrogen-bond donors (Lipinski definition) is 0. The van der Waals surface area contributed by atoms with Crippen LogP contribution in [0.5, 0.6) is 0 Å². The molecule has 0 aliphatic carbocycles. The third-order valence-corrected chi connectivity index (χ3v) is 6.54. The summed E-state index contributed by atoms with van der Waals surface area (Å²) in [4.78, 5) is 17.5. The zero-order valence-electron chi connectivity index (χ0n) is 16.5. The maximum absolute atomic E-state index is 13.4. The van der Waals surface area contributed by atoms with Crippen molar-refractivity contribution in [2.24, 2.45) is 0 Å². The van der Waals surface area contributed by atoms with Gasteiger partial charge in [0.2, 0.25) is 0 Å². The number of hydrogen-bond acceptors (Lipinski definition) is 3. The van der Waals surface area contributed by atoms with Crippen molar-refractivity contribution in [1.82, 2.24) is 9.47 Å². The molecule has 4 aromatic rings. The number of fused-ring (bicyclic) bond motifs is 1. The van der Waals surface area contributed by atoms with Gasteiger partial charge in [-0.2, -0.15) is 0 Å². The van der Waals surface area contributed by atoms with Crippen molar-refractivity contribution in [2.75, 3.05) is 31.1 Å². The van der Waals surface area contributed by atoms with Gasteiger partial charge in [-0.05, 0) is 47.3 Å². The Hall–Kier alpha value is -3.12. The molecular formula is C24H22FN3OS. The van der Waals surface area contributed by atoms with Crippen LogP contribution in [-0.4, -0.2) is 41.6 Å². The van der Waals surface area contributed by atoms with Crippen molar-refractivity contribution in [3.05, 3.63) is 89.2 Å². The molecule has 5 rings (SSSR count). The topological polar surface area (TPSA) is 28.5 Å². The predicted molar refractivity (Wildman–Crippen MR) is 120 cm³/mol. The minimum Gasteiger partial charge on any atom is -0.368 e. The molecule has 0 N–H and O–H groups in total. The molecule has 1 fully saturated rings. The quantitative estimate of drug-likeness (QED) is 0.473. The average Bonchev–Trinajstić information content (AvgIpc) is 3.37. The summed E-state index contributed by atoms with van der Waals surface area (Å²) in [6.45, 7) is 3.47. The highest BCUT2D eigenvalue weighted by Gasteiger charge is 2.26. The smallest absolute Gasteiger partial charge is 0.270 e. The standard InChI is InChI=1S/C24H22FN3OS/c25-19-6-8-20(9-7-19)26-11-13-27(14-12-26)24(29)22-16-23-21(10-15-30-23)28(22)17-18-4-2-1-3-5-18/h1-10,15-16H,11-14,17H2. The number of carbonyl (C=O) groups excluding carboxylic acids is 1. The lowest BCUT2D eigenvalue weighted by Gasteiger charge is -2.36. The molecule has 1 saturated heterocycles. The molecule has 3 heterocycles. The highest BCUT2D eigenvalue weighted by molar-refractivity contribution is 7.17. The number of piperazine rings is 1. The van der Waals surface area contributed by atoms with E-state index < -0.39 is 0 Å². The first-order valence-electron chi connectivity index (χ1n) is 10.1. The van der Waals surface area contributed by atoms with Crippen LogP contribution in [0.15, 0.2) is 72.1 Å². The van der Waals surface area contributed by atoms with Gasteiger partial charge in [0.25, 0.3) is 5.91 Å². The number of nitrogens with zero attached hydrogens (tertiary/aromatic N) is 3. The maximum Gasteiger partial charge on any atom is 0.270 e. The summed E-state index contributed by atoms with van der Waals surface area (Å²) < 4.78 is 16.5. The van der Waals surface area contributed by atoms with E-state index in [1.54, 1.807) is 23.5 Å². The molecule has 1 amide bonds. The number of aromatic nitrogens is 1. The van der Waals surface area contributed by atoms with Crippen LogP contribution in [0.2, 0.25) is 0 Å². The normalized spacial score (nSPS) is 14.4. The number of carbonyl (C=O) groups is 1. The largest absolute Gasteiger partial charge is 0.368 e. The van der Waals surface area contributed by atoms with E-state index in [-0.39, 0.29) is 11.7 Å². The Balaban J connectivity index is 1.36. The maximum atomic E-state index is 13.4. The summed E-state index contributed by atoms with van der Waals surface area (Å²) in [6, 6.07) is 20.9. The number of benzene rings is 2. The summed E-state index contributed by atoms with van der Waals surface area (Å²) in [5.41, 5.74) is 4.03. The average molecular weight is 420 g/mol. The third-order valence-electron chi connectivity index (χ3n) is 5.68. The highest BCUT2D eigenvalue weighted by atomic mass is 32.1. The Morgan fingerprint density at radius 3 is 2.40 bits per heavy atom. The van der Waals surface area contributed by atoms with Crippen molar-refractivity contribution in [3.8, 4) is 0 Å². The van der Waals surface area contributed by atoms with Gasteiger partial charge in [-0.15, -0.1) is 11.3 Å². The van der Waals surface area contributed by atoms with E-state index in [4.69, 9.17) is 0 Å². The molecule has 0 atom stereocenters. The number of halogens is 1. The van der Waals surface area contributed by atoms with Gasteiger partial charge in [0, 0.05) is 38.4 Å². The summed E-state index contributed by atoms with van der Waals surface area (Å²) in [6.07, 6.45) is 0. The van der Waals surface area contributed by atoms with Crippen LogP contribution >= 0.6 is 11.3 Å². The lowest BCUT2D eigenvalue weighted by atomic mass is 10.2. The SMILES string of the molecule is O=C(c1cc2sccc2n1Cc1ccccc1)N1CCN(c2ccc(F)cc2)CC1. The second kappa shape index (κ2) is 7.95. The lowest BCUT2D eigenvalue weighted by molar-refractivity contribution is 0.0737. The van der Waals surface area contributed by atoms with E-state index in [9.17, 15) is 9.18 Å². The molecule has 6 heteroatoms. The Morgan fingerprint density at radius 1 is 0.933 bits per heavy atom. The first-order chi connectivity index (χ1) is 14.7. The number of thiophene rings is 1. The molecule has 2 aromatic carbocycles. The van der Waals surface area contributed by atoms with Crippen LogP contribution in [0, 0.1) is 5.82 Å². The zero-order valence-corrected chi connectivity index (χ0v) is 17.3. The van der Waals surface area contributed by atoms with Crippen molar-refractivity contribution in [2.45, 2.75) is 6.54 Å². The van der Waals surface area contributed by atoms with Gasteiger partial charge in [0.1, 0.15) is 11.5 Å². The van der Waals surface area contributed by atoms with Crippen molar-refractivity contribution in [1.29, 1.82) is 0 Å². The van der Waals surface area contributed by atoms with Gasteiger partial charge < -0.3 is 14.4 Å². The lowest BCUT2D eigenvalue weighted by Crippen LogP contribution is -2.49. The molecule has 152 valence electrons. The number of amides is 1. The van der Waals surface area contributed by atoms with Gasteiger partial charge >= 0.3 is 0 Å². The minimum atomic E-state index is -0.230. The first kappa shape index (κ1) is 18.9. The van der Waals surface area contributed by atoms with E-state index in [2.05, 4.69) is 33.0 Å². The van der Waals surface area contributed by atoms with Crippen LogP contribution < -0.4 is 4.90 Å². The summed E-state index contributed by atoms with van der Waals surface area (Å²) in [7, 11) is 0. The van der Waals surface area contributed by atoms with Gasteiger partial charge in [0.05, 0.1) is 10.2 Å². The Bertz CT molecular complexity index is 1160. The second-order valence-electron chi connectivity index (χ2n) is 7.53. The number of anilines is 1. The van der Waals surface area contributed by atoms with Crippen molar-refractivity contribution in [3.63, 3.8) is 0 Å². The molecule has 0 bridgehead atoms. The fraction of sp³-hybridized carbons (Fsp3) is 0.208. The van der Waals surface area contributed by atoms with Gasteiger partial charge in [-0.3, -0.25) is 4.79 Å².